The Balaban J connectivity index is 1.60. The Hall–Kier alpha value is -4.33. The molecule has 1 aliphatic rings. The average molecular weight is 550 g/mol. The van der Waals surface area contributed by atoms with Crippen LogP contribution < -0.4 is 20.7 Å². The Morgan fingerprint density at radius 2 is 2.05 bits per heavy atom. The van der Waals surface area contributed by atoms with Crippen LogP contribution in [0.5, 0.6) is 5.75 Å². The summed E-state index contributed by atoms with van der Waals surface area (Å²) < 4.78 is 28.0. The number of hydrogen-bond donors (Lipinski definition) is 3. The molecule has 0 bridgehead atoms. The first-order valence-corrected chi connectivity index (χ1v) is 13.5. The first-order chi connectivity index (χ1) is 19.1. The third-order valence-corrected chi connectivity index (χ3v) is 6.61. The van der Waals surface area contributed by atoms with Crippen LogP contribution >= 0.6 is 0 Å². The van der Waals surface area contributed by atoms with Crippen molar-refractivity contribution in [3.63, 3.8) is 0 Å². The van der Waals surface area contributed by atoms with Gasteiger partial charge in [0.1, 0.15) is 23.1 Å². The molecule has 40 heavy (non-hydrogen) atoms. The molecule has 4 rings (SSSR count). The predicted octanol–water partition coefficient (Wildman–Crippen LogP) is 5.91. The van der Waals surface area contributed by atoms with Crippen LogP contribution in [0, 0.1) is 23.1 Å². The Bertz CT molecular complexity index is 1360. The maximum atomic E-state index is 15.2. The van der Waals surface area contributed by atoms with Crippen LogP contribution in [0.1, 0.15) is 59.4 Å². The van der Waals surface area contributed by atoms with E-state index >= 15 is 4.39 Å². The zero-order valence-electron chi connectivity index (χ0n) is 23.5. The Morgan fingerprint density at radius 1 is 1.27 bits per heavy atom. The molecule has 3 aromatic rings. The minimum Gasteiger partial charge on any atom is -0.492 e. The van der Waals surface area contributed by atoms with Gasteiger partial charge in [-0.15, -0.1) is 0 Å². The number of nitriles is 1. The fraction of sp³-hybridized carbons (Fsp3) is 0.448. The summed E-state index contributed by atoms with van der Waals surface area (Å²) in [6.07, 6.45) is 5.89. The fourth-order valence-electron chi connectivity index (χ4n) is 4.56. The first kappa shape index (κ1) is 28.7. The number of pyridine rings is 1. The molecule has 0 aliphatic heterocycles. The standard InChI is InChI=1S/C29H36FN7O3/c1-6-39-24-12-11-21(16-23(24)37-14-8-13-32-37)34-26-20(17-31)15-22(30)27(36-26)35-25(19-9-7-10-19)18(2)33-28(38)40-29(3,4)5/h8,11-16,18-19,25H,6-7,9-10H2,1-5H3,(H,33,38)(H2,34,35,36)/t18-,25-/m0/s1. The zero-order chi connectivity index (χ0) is 28.9. The van der Waals surface area contributed by atoms with E-state index in [1.165, 1.54) is 0 Å². The van der Waals surface area contributed by atoms with Gasteiger partial charge in [-0.3, -0.25) is 0 Å². The Kier molecular flexibility index (Phi) is 8.77. The van der Waals surface area contributed by atoms with Gasteiger partial charge in [-0.25, -0.2) is 18.9 Å². The van der Waals surface area contributed by atoms with Crippen molar-refractivity contribution in [2.75, 3.05) is 17.2 Å². The SMILES string of the molecule is CCOc1ccc(Nc2nc(N[C@H](C3CCC3)[C@H](C)NC(=O)OC(C)(C)C)c(F)cc2C#N)cc1-n1cccn1. The van der Waals surface area contributed by atoms with E-state index < -0.39 is 17.5 Å². The van der Waals surface area contributed by atoms with Gasteiger partial charge < -0.3 is 25.4 Å². The predicted molar refractivity (Wildman–Crippen MR) is 151 cm³/mol. The topological polar surface area (TPSA) is 126 Å². The van der Waals surface area contributed by atoms with Gasteiger partial charge in [0.2, 0.25) is 0 Å². The lowest BCUT2D eigenvalue weighted by atomic mass is 9.77. The molecule has 3 N–H and O–H groups in total. The number of benzene rings is 1. The van der Waals surface area contributed by atoms with Gasteiger partial charge >= 0.3 is 6.09 Å². The van der Waals surface area contributed by atoms with Crippen molar-refractivity contribution in [3.8, 4) is 17.5 Å². The van der Waals surface area contributed by atoms with Crippen molar-refractivity contribution in [2.45, 2.75) is 71.6 Å². The molecule has 0 unspecified atom stereocenters. The van der Waals surface area contributed by atoms with E-state index in [4.69, 9.17) is 9.47 Å². The summed E-state index contributed by atoms with van der Waals surface area (Å²) in [7, 11) is 0. The number of ether oxygens (including phenoxy) is 2. The van der Waals surface area contributed by atoms with Gasteiger partial charge in [0.15, 0.2) is 17.5 Å². The van der Waals surface area contributed by atoms with E-state index in [2.05, 4.69) is 26.0 Å². The van der Waals surface area contributed by atoms with Crippen LogP contribution in [0.15, 0.2) is 42.7 Å². The fourth-order valence-corrected chi connectivity index (χ4v) is 4.56. The summed E-state index contributed by atoms with van der Waals surface area (Å²) in [4.78, 5) is 16.9. The molecule has 2 aromatic heterocycles. The Labute approximate surface area is 233 Å². The van der Waals surface area contributed by atoms with Crippen LogP contribution in [0.2, 0.25) is 0 Å². The van der Waals surface area contributed by atoms with Crippen LogP contribution in [-0.2, 0) is 4.74 Å². The van der Waals surface area contributed by atoms with Crippen LogP contribution in [0.25, 0.3) is 5.69 Å². The van der Waals surface area contributed by atoms with Crippen LogP contribution in [0.4, 0.5) is 26.5 Å². The van der Waals surface area contributed by atoms with Gasteiger partial charge in [-0.05, 0) is 83.7 Å². The number of carbonyl (C=O) groups excluding carboxylic acids is 1. The van der Waals surface area contributed by atoms with E-state index in [1.807, 2.05) is 26.0 Å². The molecule has 1 aliphatic carbocycles. The lowest BCUT2D eigenvalue weighted by molar-refractivity contribution is 0.0492. The molecule has 2 atom stereocenters. The molecule has 11 heteroatoms. The highest BCUT2D eigenvalue weighted by atomic mass is 19.1. The van der Waals surface area contributed by atoms with Crippen molar-refractivity contribution >= 4 is 23.4 Å². The normalized spacial score (nSPS) is 14.8. The van der Waals surface area contributed by atoms with Crippen LogP contribution in [0.3, 0.4) is 0 Å². The number of nitrogens with one attached hydrogen (secondary N) is 3. The monoisotopic (exact) mass is 549 g/mol. The largest absolute Gasteiger partial charge is 0.492 e. The molecule has 1 saturated carbocycles. The number of nitrogens with zero attached hydrogens (tertiary/aromatic N) is 4. The molecular formula is C29H36FN7O3. The molecule has 10 nitrogen and oxygen atoms in total. The molecule has 1 amide bonds. The second-order valence-corrected chi connectivity index (χ2v) is 10.8. The maximum absolute atomic E-state index is 15.2. The van der Waals surface area contributed by atoms with Crippen molar-refractivity contribution in [3.05, 3.63) is 54.1 Å². The number of carbonyl (C=O) groups is 1. The smallest absolute Gasteiger partial charge is 0.407 e. The molecule has 2 heterocycles. The number of amides is 1. The van der Waals surface area contributed by atoms with Crippen molar-refractivity contribution in [1.29, 1.82) is 5.26 Å². The summed E-state index contributed by atoms with van der Waals surface area (Å²) in [6.45, 7) is 9.63. The maximum Gasteiger partial charge on any atom is 0.407 e. The highest BCUT2D eigenvalue weighted by Gasteiger charge is 2.34. The summed E-state index contributed by atoms with van der Waals surface area (Å²) in [5, 5.41) is 23.3. The molecule has 0 spiro atoms. The lowest BCUT2D eigenvalue weighted by Crippen LogP contribution is -2.51. The van der Waals surface area contributed by atoms with Crippen LogP contribution in [-0.4, -0.2) is 45.1 Å². The first-order valence-electron chi connectivity index (χ1n) is 13.5. The zero-order valence-corrected chi connectivity index (χ0v) is 23.5. The van der Waals surface area contributed by atoms with E-state index in [1.54, 1.807) is 56.0 Å². The second-order valence-electron chi connectivity index (χ2n) is 10.8. The third-order valence-electron chi connectivity index (χ3n) is 6.61. The number of anilines is 3. The molecule has 1 fully saturated rings. The van der Waals surface area contributed by atoms with Gasteiger partial charge in [-0.2, -0.15) is 10.4 Å². The summed E-state index contributed by atoms with van der Waals surface area (Å²) in [5.74, 6) is 0.402. The minimum atomic E-state index is -0.653. The van der Waals surface area contributed by atoms with Gasteiger partial charge in [0.25, 0.3) is 0 Å². The third kappa shape index (κ3) is 7.00. The van der Waals surface area contributed by atoms with Crippen molar-refractivity contribution in [2.24, 2.45) is 5.92 Å². The van der Waals surface area contributed by atoms with E-state index in [9.17, 15) is 10.1 Å². The van der Waals surface area contributed by atoms with Crippen molar-refractivity contribution in [1.82, 2.24) is 20.1 Å². The van der Waals surface area contributed by atoms with E-state index in [-0.39, 0.29) is 35.2 Å². The van der Waals surface area contributed by atoms with Crippen molar-refractivity contribution < 1.29 is 18.7 Å². The molecule has 0 saturated heterocycles. The summed E-state index contributed by atoms with van der Waals surface area (Å²) in [5.41, 5.74) is 0.731. The highest BCUT2D eigenvalue weighted by molar-refractivity contribution is 5.69. The molecule has 212 valence electrons. The van der Waals surface area contributed by atoms with Gasteiger partial charge in [-0.1, -0.05) is 6.42 Å². The van der Waals surface area contributed by atoms with Gasteiger partial charge in [0, 0.05) is 24.1 Å². The van der Waals surface area contributed by atoms with E-state index in [0.717, 1.165) is 25.3 Å². The van der Waals surface area contributed by atoms with E-state index in [0.29, 0.717) is 23.7 Å². The quantitative estimate of drug-likeness (QED) is 0.285. The second kappa shape index (κ2) is 12.2. The number of rotatable bonds is 10. The lowest BCUT2D eigenvalue weighted by Gasteiger charge is -2.38. The average Bonchev–Trinajstić information content (AvgIpc) is 3.39. The number of alkyl carbamates (subject to hydrolysis) is 1. The number of aromatic nitrogens is 3. The Morgan fingerprint density at radius 3 is 2.65 bits per heavy atom. The molecule has 0 radical (unpaired) electrons. The van der Waals surface area contributed by atoms with Gasteiger partial charge in [0.05, 0.1) is 18.2 Å². The highest BCUT2D eigenvalue weighted by Crippen LogP contribution is 2.34. The molecule has 1 aromatic carbocycles. The number of hydrogen-bond acceptors (Lipinski definition) is 8. The number of halogens is 1. The minimum absolute atomic E-state index is 0.00512. The summed E-state index contributed by atoms with van der Waals surface area (Å²) in [6, 6.07) is 9.74. The summed E-state index contributed by atoms with van der Waals surface area (Å²) >= 11 is 0. The molecular weight excluding hydrogens is 513 g/mol.